The van der Waals surface area contributed by atoms with E-state index in [1.807, 2.05) is 0 Å². The second kappa shape index (κ2) is 7.28. The van der Waals surface area contributed by atoms with Crippen LogP contribution < -0.4 is 14.8 Å². The Hall–Kier alpha value is -3.35. The molecule has 3 aromatic rings. The molecule has 122 valence electrons. The highest BCUT2D eigenvalue weighted by Gasteiger charge is 2.05. The number of methoxy groups -OCH3 is 1. The van der Waals surface area contributed by atoms with Crippen LogP contribution in [0.2, 0.25) is 0 Å². The number of nitrogens with zero attached hydrogens (tertiary/aromatic N) is 3. The topological polar surface area (TPSA) is 78.3 Å². The van der Waals surface area contributed by atoms with Gasteiger partial charge >= 0.3 is 0 Å². The first kappa shape index (κ1) is 15.5. The molecule has 0 saturated carbocycles. The Balaban J connectivity index is 1.54. The molecule has 1 amide bonds. The molecule has 0 radical (unpaired) electrons. The van der Waals surface area contributed by atoms with Gasteiger partial charge in [0.15, 0.2) is 6.61 Å². The average Bonchev–Trinajstić information content (AvgIpc) is 3.15. The first-order valence-electron chi connectivity index (χ1n) is 7.26. The van der Waals surface area contributed by atoms with Gasteiger partial charge in [0.2, 0.25) is 0 Å². The van der Waals surface area contributed by atoms with E-state index in [-0.39, 0.29) is 12.5 Å². The summed E-state index contributed by atoms with van der Waals surface area (Å²) in [6.45, 7) is -0.101. The van der Waals surface area contributed by atoms with Crippen molar-refractivity contribution in [1.82, 2.24) is 14.5 Å². The van der Waals surface area contributed by atoms with E-state index in [0.29, 0.717) is 17.2 Å². The number of aromatic nitrogens is 3. The maximum atomic E-state index is 11.9. The van der Waals surface area contributed by atoms with Gasteiger partial charge in [0.1, 0.15) is 23.6 Å². The molecular weight excluding hydrogens is 308 g/mol. The van der Waals surface area contributed by atoms with Gasteiger partial charge in [-0.05, 0) is 24.3 Å². The molecule has 0 bridgehead atoms. The van der Waals surface area contributed by atoms with Gasteiger partial charge in [-0.2, -0.15) is 0 Å². The minimum atomic E-state index is -0.269. The SMILES string of the molecule is COc1cccc(OCC(=O)Nc2ccc(-n3ccnc3)nc2)c1. The Labute approximate surface area is 138 Å². The van der Waals surface area contributed by atoms with E-state index in [2.05, 4.69) is 15.3 Å². The third-order valence-electron chi connectivity index (χ3n) is 3.21. The molecule has 0 saturated heterocycles. The molecule has 0 aliphatic rings. The summed E-state index contributed by atoms with van der Waals surface area (Å²) in [5.74, 6) is 1.69. The molecule has 0 aliphatic carbocycles. The zero-order chi connectivity index (χ0) is 16.8. The lowest BCUT2D eigenvalue weighted by Gasteiger charge is -2.09. The molecular formula is C17H16N4O3. The lowest BCUT2D eigenvalue weighted by molar-refractivity contribution is -0.118. The quantitative estimate of drug-likeness (QED) is 0.753. The van der Waals surface area contributed by atoms with Crippen LogP contribution in [0.1, 0.15) is 0 Å². The number of carbonyl (C=O) groups excluding carboxylic acids is 1. The number of anilines is 1. The number of benzene rings is 1. The van der Waals surface area contributed by atoms with E-state index in [4.69, 9.17) is 9.47 Å². The van der Waals surface area contributed by atoms with Crippen molar-refractivity contribution in [3.63, 3.8) is 0 Å². The van der Waals surface area contributed by atoms with Gasteiger partial charge in [0.25, 0.3) is 5.91 Å². The standard InChI is InChI=1S/C17H16N4O3/c1-23-14-3-2-4-15(9-14)24-11-17(22)20-13-5-6-16(19-10-13)21-8-7-18-12-21/h2-10,12H,11H2,1H3,(H,20,22). The number of hydrogen-bond acceptors (Lipinski definition) is 5. The minimum Gasteiger partial charge on any atom is -0.497 e. The van der Waals surface area contributed by atoms with Gasteiger partial charge < -0.3 is 14.8 Å². The summed E-state index contributed by atoms with van der Waals surface area (Å²) in [5.41, 5.74) is 0.595. The van der Waals surface area contributed by atoms with E-state index < -0.39 is 0 Å². The van der Waals surface area contributed by atoms with Crippen LogP contribution in [0.25, 0.3) is 5.82 Å². The fourth-order valence-corrected chi connectivity index (χ4v) is 2.04. The Morgan fingerprint density at radius 3 is 2.83 bits per heavy atom. The smallest absolute Gasteiger partial charge is 0.262 e. The van der Waals surface area contributed by atoms with Gasteiger partial charge in [-0.1, -0.05) is 6.07 Å². The highest BCUT2D eigenvalue weighted by Crippen LogP contribution is 2.18. The number of imidazole rings is 1. The highest BCUT2D eigenvalue weighted by molar-refractivity contribution is 5.91. The van der Waals surface area contributed by atoms with Crippen LogP contribution in [0.5, 0.6) is 11.5 Å². The Morgan fingerprint density at radius 1 is 1.25 bits per heavy atom. The van der Waals surface area contributed by atoms with E-state index in [0.717, 1.165) is 5.82 Å². The van der Waals surface area contributed by atoms with Crippen LogP contribution in [0.15, 0.2) is 61.3 Å². The molecule has 0 aliphatic heterocycles. The lowest BCUT2D eigenvalue weighted by Crippen LogP contribution is -2.20. The Bertz CT molecular complexity index is 801. The Kier molecular flexibility index (Phi) is 4.71. The Morgan fingerprint density at radius 2 is 2.12 bits per heavy atom. The summed E-state index contributed by atoms with van der Waals surface area (Å²) in [6, 6.07) is 10.6. The van der Waals surface area contributed by atoms with Gasteiger partial charge in [0.05, 0.1) is 19.0 Å². The van der Waals surface area contributed by atoms with Crippen molar-refractivity contribution in [2.75, 3.05) is 19.0 Å². The van der Waals surface area contributed by atoms with E-state index in [1.54, 1.807) is 73.0 Å². The highest BCUT2D eigenvalue weighted by atomic mass is 16.5. The number of amides is 1. The number of rotatable bonds is 6. The number of ether oxygens (including phenoxy) is 2. The van der Waals surface area contributed by atoms with Gasteiger partial charge in [-0.25, -0.2) is 9.97 Å². The largest absolute Gasteiger partial charge is 0.497 e. The van der Waals surface area contributed by atoms with E-state index in [1.165, 1.54) is 0 Å². The summed E-state index contributed by atoms with van der Waals surface area (Å²) in [4.78, 5) is 20.2. The summed E-state index contributed by atoms with van der Waals surface area (Å²) >= 11 is 0. The third kappa shape index (κ3) is 3.89. The van der Waals surface area contributed by atoms with Crippen molar-refractivity contribution in [2.24, 2.45) is 0 Å². The maximum absolute atomic E-state index is 11.9. The van der Waals surface area contributed by atoms with Crippen LogP contribution in [0, 0.1) is 0 Å². The number of nitrogens with one attached hydrogen (secondary N) is 1. The predicted molar refractivity (Wildman–Crippen MR) is 88.5 cm³/mol. The van der Waals surface area contributed by atoms with Gasteiger partial charge in [-0.15, -0.1) is 0 Å². The number of hydrogen-bond donors (Lipinski definition) is 1. The van der Waals surface area contributed by atoms with Crippen LogP contribution in [0.4, 0.5) is 5.69 Å². The van der Waals surface area contributed by atoms with Crippen molar-refractivity contribution < 1.29 is 14.3 Å². The molecule has 0 spiro atoms. The van der Waals surface area contributed by atoms with Crippen LogP contribution in [-0.2, 0) is 4.79 Å². The fourth-order valence-electron chi connectivity index (χ4n) is 2.04. The van der Waals surface area contributed by atoms with Crippen LogP contribution in [-0.4, -0.2) is 34.2 Å². The van der Waals surface area contributed by atoms with Crippen LogP contribution >= 0.6 is 0 Å². The monoisotopic (exact) mass is 324 g/mol. The van der Waals surface area contributed by atoms with Gasteiger partial charge in [0, 0.05) is 18.5 Å². The molecule has 0 fully saturated rings. The zero-order valence-corrected chi connectivity index (χ0v) is 13.0. The van der Waals surface area contributed by atoms with Crippen molar-refractivity contribution in [1.29, 1.82) is 0 Å². The molecule has 7 nitrogen and oxygen atoms in total. The molecule has 3 rings (SSSR count). The summed E-state index contributed by atoms with van der Waals surface area (Å²) in [6.07, 6.45) is 6.71. The second-order valence-electron chi connectivity index (χ2n) is 4.89. The number of pyridine rings is 1. The maximum Gasteiger partial charge on any atom is 0.262 e. The summed E-state index contributed by atoms with van der Waals surface area (Å²) in [5, 5.41) is 2.73. The summed E-state index contributed by atoms with van der Waals surface area (Å²) in [7, 11) is 1.58. The zero-order valence-electron chi connectivity index (χ0n) is 13.0. The lowest BCUT2D eigenvalue weighted by atomic mass is 10.3. The first-order valence-corrected chi connectivity index (χ1v) is 7.26. The number of carbonyl (C=O) groups is 1. The molecule has 2 heterocycles. The predicted octanol–water partition coefficient (Wildman–Crippen LogP) is 2.29. The van der Waals surface area contributed by atoms with Crippen molar-refractivity contribution in [3.8, 4) is 17.3 Å². The van der Waals surface area contributed by atoms with E-state index in [9.17, 15) is 4.79 Å². The van der Waals surface area contributed by atoms with E-state index >= 15 is 0 Å². The molecule has 0 unspecified atom stereocenters. The third-order valence-corrected chi connectivity index (χ3v) is 3.21. The molecule has 2 aromatic heterocycles. The van der Waals surface area contributed by atoms with Crippen LogP contribution in [0.3, 0.4) is 0 Å². The fraction of sp³-hybridized carbons (Fsp3) is 0.118. The second-order valence-corrected chi connectivity index (χ2v) is 4.89. The van der Waals surface area contributed by atoms with Crippen molar-refractivity contribution in [3.05, 3.63) is 61.3 Å². The minimum absolute atomic E-state index is 0.101. The molecule has 1 N–H and O–H groups in total. The molecule has 24 heavy (non-hydrogen) atoms. The van der Waals surface area contributed by atoms with Gasteiger partial charge in [-0.3, -0.25) is 9.36 Å². The molecule has 1 aromatic carbocycles. The first-order chi connectivity index (χ1) is 11.7. The molecule has 7 heteroatoms. The average molecular weight is 324 g/mol. The van der Waals surface area contributed by atoms with Crippen molar-refractivity contribution in [2.45, 2.75) is 0 Å². The van der Waals surface area contributed by atoms with Crippen molar-refractivity contribution >= 4 is 11.6 Å². The summed E-state index contributed by atoms with van der Waals surface area (Å²) < 4.78 is 12.3. The molecule has 0 atom stereocenters. The normalized spacial score (nSPS) is 10.2.